The Morgan fingerprint density at radius 1 is 1.15 bits per heavy atom. The molecule has 1 aromatic carbocycles. The van der Waals surface area contributed by atoms with Gasteiger partial charge in [-0.05, 0) is 26.0 Å². The highest BCUT2D eigenvalue weighted by atomic mass is 32.2. The van der Waals surface area contributed by atoms with Gasteiger partial charge < -0.3 is 4.90 Å². The molecule has 1 fully saturated rings. The van der Waals surface area contributed by atoms with Crippen LogP contribution in [-0.2, 0) is 24.8 Å². The van der Waals surface area contributed by atoms with E-state index in [2.05, 4.69) is 4.72 Å². The largest absolute Gasteiger partial charge is 0.339 e. The number of rotatable bonds is 6. The van der Waals surface area contributed by atoms with Crippen molar-refractivity contribution in [3.8, 4) is 0 Å². The molecule has 11 heteroatoms. The number of benzene rings is 1. The highest BCUT2D eigenvalue weighted by Gasteiger charge is 2.31. The summed E-state index contributed by atoms with van der Waals surface area (Å²) in [4.78, 5) is 13.3. The number of hydrogen-bond donors (Lipinski definition) is 1. The van der Waals surface area contributed by atoms with Gasteiger partial charge >= 0.3 is 0 Å². The lowest BCUT2D eigenvalue weighted by Gasteiger charge is -2.35. The van der Waals surface area contributed by atoms with Crippen LogP contribution in [0.1, 0.15) is 13.8 Å². The van der Waals surface area contributed by atoms with E-state index in [-0.39, 0.29) is 31.9 Å². The Morgan fingerprint density at radius 2 is 1.73 bits per heavy atom. The fourth-order valence-corrected chi connectivity index (χ4v) is 5.01. The predicted molar refractivity (Wildman–Crippen MR) is 93.8 cm³/mol. The van der Waals surface area contributed by atoms with Crippen molar-refractivity contribution in [1.82, 2.24) is 13.9 Å². The first kappa shape index (κ1) is 20.7. The van der Waals surface area contributed by atoms with Crippen LogP contribution in [-0.4, -0.2) is 69.9 Å². The van der Waals surface area contributed by atoms with Gasteiger partial charge in [-0.15, -0.1) is 0 Å². The molecule has 0 saturated carbocycles. The predicted octanol–water partition coefficient (Wildman–Crippen LogP) is -0.0136. The lowest BCUT2D eigenvalue weighted by Crippen LogP contribution is -2.55. The minimum Gasteiger partial charge on any atom is -0.339 e. The van der Waals surface area contributed by atoms with Crippen LogP contribution in [0.15, 0.2) is 29.2 Å². The fraction of sp³-hybridized carbons (Fsp3) is 0.533. The van der Waals surface area contributed by atoms with Crippen LogP contribution >= 0.6 is 0 Å². The number of nitrogens with one attached hydrogen (secondary N) is 1. The Morgan fingerprint density at radius 3 is 2.27 bits per heavy atom. The van der Waals surface area contributed by atoms with Gasteiger partial charge in [-0.2, -0.15) is 9.03 Å². The molecule has 0 radical (unpaired) electrons. The Kier molecular flexibility index (Phi) is 6.37. The van der Waals surface area contributed by atoms with Crippen molar-refractivity contribution >= 4 is 26.0 Å². The highest BCUT2D eigenvalue weighted by molar-refractivity contribution is 7.89. The summed E-state index contributed by atoms with van der Waals surface area (Å²) >= 11 is 0. The maximum Gasteiger partial charge on any atom is 0.244 e. The van der Waals surface area contributed by atoms with E-state index in [0.29, 0.717) is 0 Å². The molecular weight excluding hydrogens is 385 g/mol. The monoisotopic (exact) mass is 407 g/mol. The van der Waals surface area contributed by atoms with Crippen molar-refractivity contribution in [3.63, 3.8) is 0 Å². The smallest absolute Gasteiger partial charge is 0.244 e. The van der Waals surface area contributed by atoms with Crippen LogP contribution in [0.4, 0.5) is 4.39 Å². The standard InChI is InChI=1S/C15H22FN3O5S2/c1-3-25(21,22)19-10-8-18(9-11-19)15(20)12(2)17-26(23,24)14-7-5-4-6-13(14)16/h4-7,12,17H,3,8-11H2,1-2H3/t12-/m0/s1. The number of carbonyl (C=O) groups is 1. The van der Waals surface area contributed by atoms with Crippen molar-refractivity contribution in [2.24, 2.45) is 0 Å². The SMILES string of the molecule is CCS(=O)(=O)N1CCN(C(=O)[C@H](C)NS(=O)(=O)c2ccccc2F)CC1. The Hall–Kier alpha value is -1.56. The van der Waals surface area contributed by atoms with Crippen LogP contribution in [0, 0.1) is 5.82 Å². The first-order valence-electron chi connectivity index (χ1n) is 8.12. The van der Waals surface area contributed by atoms with Gasteiger partial charge in [0.1, 0.15) is 10.7 Å². The molecule has 1 heterocycles. The molecule has 2 rings (SSSR count). The molecular formula is C15H22FN3O5S2. The van der Waals surface area contributed by atoms with Crippen molar-refractivity contribution in [2.75, 3.05) is 31.9 Å². The fourth-order valence-electron chi connectivity index (χ4n) is 2.65. The van der Waals surface area contributed by atoms with Crippen molar-refractivity contribution in [2.45, 2.75) is 24.8 Å². The quantitative estimate of drug-likeness (QED) is 0.714. The molecule has 0 spiro atoms. The zero-order chi connectivity index (χ0) is 19.5. The molecule has 146 valence electrons. The Balaban J connectivity index is 2.02. The van der Waals surface area contributed by atoms with Gasteiger partial charge in [0, 0.05) is 26.2 Å². The molecule has 0 aliphatic carbocycles. The van der Waals surface area contributed by atoms with Crippen molar-refractivity contribution in [1.29, 1.82) is 0 Å². The second-order valence-corrected chi connectivity index (χ2v) is 9.84. The van der Waals surface area contributed by atoms with E-state index in [1.807, 2.05) is 0 Å². The average Bonchev–Trinajstić information content (AvgIpc) is 2.61. The maximum atomic E-state index is 13.7. The van der Waals surface area contributed by atoms with Gasteiger partial charge in [-0.3, -0.25) is 4.79 Å². The van der Waals surface area contributed by atoms with Gasteiger partial charge in [-0.1, -0.05) is 12.1 Å². The highest BCUT2D eigenvalue weighted by Crippen LogP contribution is 2.15. The maximum absolute atomic E-state index is 13.7. The second-order valence-electron chi connectivity index (χ2n) is 5.90. The third-order valence-electron chi connectivity index (χ3n) is 4.14. The number of hydrogen-bond acceptors (Lipinski definition) is 5. The summed E-state index contributed by atoms with van der Waals surface area (Å²) in [6.07, 6.45) is 0. The van der Waals surface area contributed by atoms with E-state index in [9.17, 15) is 26.0 Å². The van der Waals surface area contributed by atoms with Crippen LogP contribution in [0.3, 0.4) is 0 Å². The zero-order valence-corrected chi connectivity index (χ0v) is 16.2. The lowest BCUT2D eigenvalue weighted by atomic mass is 10.2. The minimum absolute atomic E-state index is 0.0141. The molecule has 1 aliphatic heterocycles. The first-order chi connectivity index (χ1) is 12.1. The van der Waals surface area contributed by atoms with Crippen LogP contribution < -0.4 is 4.72 Å². The summed E-state index contributed by atoms with van der Waals surface area (Å²) in [6.45, 7) is 3.58. The van der Waals surface area contributed by atoms with Crippen molar-refractivity contribution < 1.29 is 26.0 Å². The topological polar surface area (TPSA) is 104 Å². The van der Waals surface area contributed by atoms with E-state index in [1.54, 1.807) is 6.92 Å². The van der Waals surface area contributed by atoms with Crippen LogP contribution in [0.5, 0.6) is 0 Å². The molecule has 1 aromatic rings. The summed E-state index contributed by atoms with van der Waals surface area (Å²) in [5.74, 6) is -1.41. The molecule has 26 heavy (non-hydrogen) atoms. The summed E-state index contributed by atoms with van der Waals surface area (Å²) in [6, 6.07) is 3.79. The number of sulfonamides is 2. The normalized spacial score (nSPS) is 17.9. The molecule has 1 aliphatic rings. The van der Waals surface area contributed by atoms with Gasteiger partial charge in [-0.25, -0.2) is 21.2 Å². The van der Waals surface area contributed by atoms with E-state index < -0.39 is 42.7 Å². The van der Waals surface area contributed by atoms with Crippen molar-refractivity contribution in [3.05, 3.63) is 30.1 Å². The van der Waals surface area contributed by atoms with E-state index in [1.165, 1.54) is 28.3 Å². The van der Waals surface area contributed by atoms with Gasteiger partial charge in [0.05, 0.1) is 11.8 Å². The zero-order valence-electron chi connectivity index (χ0n) is 14.6. The second kappa shape index (κ2) is 7.99. The first-order valence-corrected chi connectivity index (χ1v) is 11.2. The van der Waals surface area contributed by atoms with E-state index >= 15 is 0 Å². The molecule has 1 atom stereocenters. The van der Waals surface area contributed by atoms with E-state index in [0.717, 1.165) is 12.1 Å². The average molecular weight is 407 g/mol. The summed E-state index contributed by atoms with van der Waals surface area (Å²) < 4.78 is 65.4. The summed E-state index contributed by atoms with van der Waals surface area (Å²) in [5.41, 5.74) is 0. The minimum atomic E-state index is -4.19. The number of nitrogens with zero attached hydrogens (tertiary/aromatic N) is 2. The number of piperazine rings is 1. The molecule has 0 aromatic heterocycles. The molecule has 1 saturated heterocycles. The third kappa shape index (κ3) is 4.58. The molecule has 0 unspecified atom stereocenters. The third-order valence-corrected chi connectivity index (χ3v) is 7.59. The Bertz CT molecular complexity index is 865. The van der Waals surface area contributed by atoms with Crippen LogP contribution in [0.25, 0.3) is 0 Å². The molecule has 8 nitrogen and oxygen atoms in total. The number of amides is 1. The summed E-state index contributed by atoms with van der Waals surface area (Å²) in [5, 5.41) is 0. The number of halogens is 1. The number of carbonyl (C=O) groups excluding carboxylic acids is 1. The van der Waals surface area contributed by atoms with Gasteiger partial charge in [0.15, 0.2) is 0 Å². The van der Waals surface area contributed by atoms with E-state index in [4.69, 9.17) is 0 Å². The van der Waals surface area contributed by atoms with Gasteiger partial charge in [0.25, 0.3) is 0 Å². The lowest BCUT2D eigenvalue weighted by molar-refractivity contribution is -0.133. The van der Waals surface area contributed by atoms with Gasteiger partial charge in [0.2, 0.25) is 26.0 Å². The van der Waals surface area contributed by atoms with Crippen LogP contribution in [0.2, 0.25) is 0 Å². The summed E-state index contributed by atoms with van der Waals surface area (Å²) in [7, 11) is -7.51. The molecule has 1 amide bonds. The molecule has 0 bridgehead atoms. The Labute approximate surface area is 153 Å². The molecule has 1 N–H and O–H groups in total.